The molecule has 3 N–H and O–H groups in total. The third-order valence-corrected chi connectivity index (χ3v) is 6.12. The Kier molecular flexibility index (Phi) is 5.59. The van der Waals surface area contributed by atoms with Crippen LogP contribution < -0.4 is 10.6 Å². The van der Waals surface area contributed by atoms with Crippen molar-refractivity contribution in [2.75, 3.05) is 10.6 Å². The molecule has 0 aliphatic heterocycles. The van der Waals surface area contributed by atoms with Crippen LogP contribution in [0, 0.1) is 6.92 Å². The maximum Gasteiger partial charge on any atom is 0.248 e. The lowest BCUT2D eigenvalue weighted by molar-refractivity contribution is -0.0361. The number of hydrogen-bond acceptors (Lipinski definition) is 6. The van der Waals surface area contributed by atoms with Crippen molar-refractivity contribution in [3.05, 3.63) is 11.9 Å². The van der Waals surface area contributed by atoms with Gasteiger partial charge in [0.2, 0.25) is 17.8 Å². The number of nitrogens with zero attached hydrogens (tertiary/aromatic N) is 4. The highest BCUT2D eigenvalue weighted by Gasteiger charge is 2.35. The number of anilines is 2. The van der Waals surface area contributed by atoms with Gasteiger partial charge in [-0.2, -0.15) is 20.1 Å². The minimum absolute atomic E-state index is 0.0794. The van der Waals surface area contributed by atoms with E-state index in [1.54, 1.807) is 13.1 Å². The third-order valence-electron chi connectivity index (χ3n) is 6.12. The topological polar surface area (TPSA) is 91.4 Å². The minimum atomic E-state index is -2.59. The predicted octanol–water partition coefficient (Wildman–Crippen LogP) is 4.64. The second-order valence-electron chi connectivity index (χ2n) is 8.82. The fraction of sp³-hybridized carbons (Fsp3) is 0.700. The highest BCUT2D eigenvalue weighted by Crippen LogP contribution is 2.35. The van der Waals surface area contributed by atoms with Gasteiger partial charge in [-0.1, -0.05) is 0 Å². The first-order chi connectivity index (χ1) is 14.2. The van der Waals surface area contributed by atoms with Crippen LogP contribution in [0.3, 0.4) is 0 Å². The van der Waals surface area contributed by atoms with Gasteiger partial charge in [0.25, 0.3) is 0 Å². The number of aryl methyl sites for hydroxylation is 1. The SMILES string of the molecule is Cc1[nH]ncc1-c1nc(NC2CCC(C)(F)CC2)nc(NC2CCC(F)(F)CC2)n1. The molecular formula is C20H28F3N7. The Morgan fingerprint density at radius 2 is 1.43 bits per heavy atom. The summed E-state index contributed by atoms with van der Waals surface area (Å²) < 4.78 is 41.1. The molecule has 10 heteroatoms. The van der Waals surface area contributed by atoms with E-state index in [2.05, 4.69) is 35.8 Å². The van der Waals surface area contributed by atoms with E-state index in [1.807, 2.05) is 6.92 Å². The Morgan fingerprint density at radius 1 is 0.900 bits per heavy atom. The highest BCUT2D eigenvalue weighted by atomic mass is 19.3. The van der Waals surface area contributed by atoms with Gasteiger partial charge < -0.3 is 10.6 Å². The standard InChI is InChI=1S/C20H28F3N7/c1-12-15(11-24-30-12)16-27-17(25-13-3-7-19(2,21)8-4-13)29-18(28-16)26-14-5-9-20(22,23)10-6-14/h11,13-14H,3-10H2,1-2H3,(H,24,30)(H2,25,26,27,28,29). The molecule has 30 heavy (non-hydrogen) atoms. The first-order valence-electron chi connectivity index (χ1n) is 10.6. The van der Waals surface area contributed by atoms with E-state index in [0.717, 1.165) is 11.3 Å². The van der Waals surface area contributed by atoms with Crippen molar-refractivity contribution in [2.45, 2.75) is 88.9 Å². The summed E-state index contributed by atoms with van der Waals surface area (Å²) in [6.45, 7) is 3.51. The maximum atomic E-state index is 14.1. The molecule has 0 unspecified atom stereocenters. The van der Waals surface area contributed by atoms with Gasteiger partial charge in [-0.25, -0.2) is 13.2 Å². The van der Waals surface area contributed by atoms with Crippen molar-refractivity contribution < 1.29 is 13.2 Å². The molecular weight excluding hydrogens is 395 g/mol. The summed E-state index contributed by atoms with van der Waals surface area (Å²) in [4.78, 5) is 13.5. The number of aromatic amines is 1. The molecule has 2 aromatic heterocycles. The van der Waals surface area contributed by atoms with Crippen LogP contribution in [0.25, 0.3) is 11.4 Å². The maximum absolute atomic E-state index is 14.1. The van der Waals surface area contributed by atoms with E-state index in [-0.39, 0.29) is 24.9 Å². The summed E-state index contributed by atoms with van der Waals surface area (Å²) in [5.41, 5.74) is 0.450. The van der Waals surface area contributed by atoms with E-state index in [0.29, 0.717) is 56.2 Å². The summed E-state index contributed by atoms with van der Waals surface area (Å²) in [6.07, 6.45) is 4.46. The predicted molar refractivity (Wildman–Crippen MR) is 108 cm³/mol. The molecule has 7 nitrogen and oxygen atoms in total. The first-order valence-corrected chi connectivity index (χ1v) is 10.6. The van der Waals surface area contributed by atoms with Gasteiger partial charge in [0, 0.05) is 30.6 Å². The summed E-state index contributed by atoms with van der Waals surface area (Å²) in [7, 11) is 0. The number of H-pyrrole nitrogens is 1. The molecule has 0 saturated heterocycles. The number of rotatable bonds is 5. The molecule has 2 aliphatic carbocycles. The molecule has 0 bridgehead atoms. The number of aromatic nitrogens is 5. The fourth-order valence-corrected chi connectivity index (χ4v) is 4.12. The van der Waals surface area contributed by atoms with Crippen molar-refractivity contribution in [3.8, 4) is 11.4 Å². The average Bonchev–Trinajstić information content (AvgIpc) is 3.11. The molecule has 2 aromatic rings. The van der Waals surface area contributed by atoms with Gasteiger partial charge in [0.15, 0.2) is 5.82 Å². The molecule has 0 radical (unpaired) electrons. The lowest BCUT2D eigenvalue weighted by atomic mass is 9.85. The fourth-order valence-electron chi connectivity index (χ4n) is 4.12. The average molecular weight is 423 g/mol. The molecule has 2 heterocycles. The van der Waals surface area contributed by atoms with Crippen molar-refractivity contribution in [1.82, 2.24) is 25.1 Å². The zero-order valence-corrected chi connectivity index (χ0v) is 17.3. The van der Waals surface area contributed by atoms with Gasteiger partial charge >= 0.3 is 0 Å². The largest absolute Gasteiger partial charge is 0.351 e. The smallest absolute Gasteiger partial charge is 0.248 e. The molecule has 0 atom stereocenters. The van der Waals surface area contributed by atoms with E-state index >= 15 is 0 Å². The van der Waals surface area contributed by atoms with E-state index in [1.165, 1.54) is 0 Å². The monoisotopic (exact) mass is 423 g/mol. The Bertz CT molecular complexity index is 815. The minimum Gasteiger partial charge on any atom is -0.351 e. The molecule has 4 rings (SSSR count). The zero-order valence-electron chi connectivity index (χ0n) is 17.3. The first kappa shape index (κ1) is 20.9. The van der Waals surface area contributed by atoms with Crippen LogP contribution in [-0.2, 0) is 0 Å². The number of halogens is 3. The van der Waals surface area contributed by atoms with E-state index < -0.39 is 11.6 Å². The quantitative estimate of drug-likeness (QED) is 0.649. The van der Waals surface area contributed by atoms with Crippen LogP contribution in [0.2, 0.25) is 0 Å². The normalized spacial score (nSPS) is 27.0. The summed E-state index contributed by atoms with van der Waals surface area (Å²) in [5, 5.41) is 13.4. The van der Waals surface area contributed by atoms with Gasteiger partial charge in [0.05, 0.1) is 11.8 Å². The third kappa shape index (κ3) is 5.02. The van der Waals surface area contributed by atoms with Gasteiger partial charge in [-0.15, -0.1) is 0 Å². The zero-order chi connectivity index (χ0) is 21.4. The summed E-state index contributed by atoms with van der Waals surface area (Å²) >= 11 is 0. The van der Waals surface area contributed by atoms with Crippen LogP contribution >= 0.6 is 0 Å². The van der Waals surface area contributed by atoms with Crippen LogP contribution in [0.15, 0.2) is 6.20 Å². The summed E-state index contributed by atoms with van der Waals surface area (Å²) in [5.74, 6) is -1.38. The van der Waals surface area contributed by atoms with Gasteiger partial charge in [-0.3, -0.25) is 5.10 Å². The van der Waals surface area contributed by atoms with E-state index in [4.69, 9.17) is 0 Å². The molecule has 2 fully saturated rings. The Balaban J connectivity index is 1.53. The molecule has 164 valence electrons. The van der Waals surface area contributed by atoms with E-state index in [9.17, 15) is 13.2 Å². The van der Waals surface area contributed by atoms with Crippen LogP contribution in [0.4, 0.5) is 25.1 Å². The van der Waals surface area contributed by atoms with Gasteiger partial charge in [-0.05, 0) is 52.4 Å². The van der Waals surface area contributed by atoms with Crippen molar-refractivity contribution in [1.29, 1.82) is 0 Å². The van der Waals surface area contributed by atoms with Crippen molar-refractivity contribution >= 4 is 11.9 Å². The Labute approximate surface area is 173 Å². The molecule has 0 amide bonds. The second kappa shape index (κ2) is 8.03. The number of nitrogens with one attached hydrogen (secondary N) is 3. The summed E-state index contributed by atoms with van der Waals surface area (Å²) in [6, 6.07) is -0.0316. The molecule has 0 aromatic carbocycles. The van der Waals surface area contributed by atoms with Crippen molar-refractivity contribution in [3.63, 3.8) is 0 Å². The molecule has 0 spiro atoms. The Hall–Kier alpha value is -2.39. The second-order valence-corrected chi connectivity index (χ2v) is 8.82. The van der Waals surface area contributed by atoms with Crippen LogP contribution in [0.1, 0.15) is 64.0 Å². The Morgan fingerprint density at radius 3 is 1.93 bits per heavy atom. The number of alkyl halides is 3. The number of hydrogen-bond donors (Lipinski definition) is 3. The highest BCUT2D eigenvalue weighted by molar-refractivity contribution is 5.59. The van der Waals surface area contributed by atoms with Gasteiger partial charge in [0.1, 0.15) is 5.67 Å². The lowest BCUT2D eigenvalue weighted by Gasteiger charge is -2.31. The van der Waals surface area contributed by atoms with Crippen LogP contribution in [-0.4, -0.2) is 48.8 Å². The van der Waals surface area contributed by atoms with Crippen molar-refractivity contribution in [2.24, 2.45) is 0 Å². The molecule has 2 aliphatic rings. The van der Waals surface area contributed by atoms with Crippen LogP contribution in [0.5, 0.6) is 0 Å². The molecule has 2 saturated carbocycles. The lowest BCUT2D eigenvalue weighted by Crippen LogP contribution is -2.34.